The molecule has 1 heterocycles. The molecule has 0 saturated heterocycles. The van der Waals surface area contributed by atoms with E-state index in [1.165, 1.54) is 25.4 Å². The van der Waals surface area contributed by atoms with Crippen molar-refractivity contribution < 1.29 is 13.9 Å². The largest absolute Gasteiger partial charge is 0.481 e. The van der Waals surface area contributed by atoms with E-state index in [1.807, 2.05) is 31.2 Å². The van der Waals surface area contributed by atoms with Crippen molar-refractivity contribution >= 4 is 21.7 Å². The van der Waals surface area contributed by atoms with E-state index in [2.05, 4.69) is 20.9 Å². The number of ketones is 1. The molecule has 138 valence electrons. The Hall–Kier alpha value is -2.53. The van der Waals surface area contributed by atoms with Crippen LogP contribution in [0.3, 0.4) is 0 Å². The Morgan fingerprint density at radius 3 is 2.48 bits per heavy atom. The second-order valence-electron chi connectivity index (χ2n) is 6.33. The molecule has 0 aliphatic heterocycles. The van der Waals surface area contributed by atoms with Crippen LogP contribution in [0.5, 0.6) is 5.88 Å². The lowest BCUT2D eigenvalue weighted by atomic mass is 9.85. The standard InChI is InChI=1S/C22H19BrFNO2/c1-14-11-19(24)9-5-16(14)12-20(15-3-7-18(23)8-4-15)22(26)17-6-10-21(27-2)25-13-17/h3-11,13,20H,12H2,1-2H3. The van der Waals surface area contributed by atoms with Crippen LogP contribution in [0.4, 0.5) is 4.39 Å². The zero-order valence-electron chi connectivity index (χ0n) is 15.1. The molecular formula is C22H19BrFNO2. The summed E-state index contributed by atoms with van der Waals surface area (Å²) in [6, 6.07) is 15.8. The molecule has 1 aromatic heterocycles. The number of Topliss-reactive ketones (excluding diaryl/α,β-unsaturated/α-hetero) is 1. The smallest absolute Gasteiger partial charge is 0.212 e. The normalized spacial score (nSPS) is 11.9. The molecule has 3 aromatic rings. The number of carbonyl (C=O) groups is 1. The summed E-state index contributed by atoms with van der Waals surface area (Å²) in [5.74, 6) is -0.239. The number of rotatable bonds is 6. The van der Waals surface area contributed by atoms with Crippen molar-refractivity contribution in [1.82, 2.24) is 4.98 Å². The zero-order valence-corrected chi connectivity index (χ0v) is 16.7. The quantitative estimate of drug-likeness (QED) is 0.486. The number of pyridine rings is 1. The summed E-state index contributed by atoms with van der Waals surface area (Å²) in [4.78, 5) is 17.4. The fraction of sp³-hybridized carbons (Fsp3) is 0.182. The van der Waals surface area contributed by atoms with Crippen LogP contribution in [-0.2, 0) is 6.42 Å². The summed E-state index contributed by atoms with van der Waals surface area (Å²) >= 11 is 3.43. The van der Waals surface area contributed by atoms with Crippen LogP contribution >= 0.6 is 15.9 Å². The van der Waals surface area contributed by atoms with Crippen LogP contribution in [0.25, 0.3) is 0 Å². The van der Waals surface area contributed by atoms with Crippen molar-refractivity contribution in [2.45, 2.75) is 19.3 Å². The molecule has 27 heavy (non-hydrogen) atoms. The van der Waals surface area contributed by atoms with Gasteiger partial charge in [-0.05, 0) is 60.4 Å². The molecule has 0 saturated carbocycles. The van der Waals surface area contributed by atoms with Gasteiger partial charge >= 0.3 is 0 Å². The highest BCUT2D eigenvalue weighted by Gasteiger charge is 2.24. The molecule has 1 atom stereocenters. The predicted octanol–water partition coefficient (Wildman–Crippen LogP) is 5.51. The third-order valence-electron chi connectivity index (χ3n) is 4.55. The highest BCUT2D eigenvalue weighted by molar-refractivity contribution is 9.10. The van der Waals surface area contributed by atoms with Crippen LogP contribution in [0.1, 0.15) is 33.0 Å². The van der Waals surface area contributed by atoms with Crippen molar-refractivity contribution in [3.63, 3.8) is 0 Å². The van der Waals surface area contributed by atoms with Gasteiger partial charge in [0.1, 0.15) is 5.82 Å². The maximum absolute atomic E-state index is 13.5. The third kappa shape index (κ3) is 4.61. The lowest BCUT2D eigenvalue weighted by Gasteiger charge is -2.18. The van der Waals surface area contributed by atoms with E-state index >= 15 is 0 Å². The summed E-state index contributed by atoms with van der Waals surface area (Å²) in [7, 11) is 1.53. The number of benzene rings is 2. The van der Waals surface area contributed by atoms with Gasteiger partial charge in [0.15, 0.2) is 5.78 Å². The number of methoxy groups -OCH3 is 1. The van der Waals surface area contributed by atoms with Crippen LogP contribution in [0.15, 0.2) is 65.3 Å². The van der Waals surface area contributed by atoms with Crippen molar-refractivity contribution in [2.24, 2.45) is 0 Å². The number of hydrogen-bond acceptors (Lipinski definition) is 3. The summed E-state index contributed by atoms with van der Waals surface area (Å²) in [5.41, 5.74) is 3.20. The minimum absolute atomic E-state index is 0.0313. The third-order valence-corrected chi connectivity index (χ3v) is 5.08. The van der Waals surface area contributed by atoms with Gasteiger partial charge in [0.2, 0.25) is 5.88 Å². The number of carbonyl (C=O) groups excluding carboxylic acids is 1. The molecule has 0 fully saturated rings. The molecular weight excluding hydrogens is 409 g/mol. The molecule has 2 aromatic carbocycles. The number of hydrogen-bond donors (Lipinski definition) is 0. The Morgan fingerprint density at radius 2 is 1.89 bits per heavy atom. The molecule has 0 N–H and O–H groups in total. The second kappa shape index (κ2) is 8.44. The van der Waals surface area contributed by atoms with Gasteiger partial charge in [0.05, 0.1) is 13.0 Å². The Bertz CT molecular complexity index is 940. The van der Waals surface area contributed by atoms with Gasteiger partial charge in [-0.1, -0.05) is 34.1 Å². The highest BCUT2D eigenvalue weighted by Crippen LogP contribution is 2.28. The zero-order chi connectivity index (χ0) is 19.4. The number of ether oxygens (including phenoxy) is 1. The van der Waals surface area contributed by atoms with E-state index in [0.29, 0.717) is 17.9 Å². The molecule has 5 heteroatoms. The van der Waals surface area contributed by atoms with Gasteiger partial charge in [-0.15, -0.1) is 0 Å². The molecule has 3 rings (SSSR count). The molecule has 0 bridgehead atoms. The van der Waals surface area contributed by atoms with Crippen molar-refractivity contribution in [2.75, 3.05) is 7.11 Å². The Balaban J connectivity index is 1.98. The molecule has 0 radical (unpaired) electrons. The van der Waals surface area contributed by atoms with E-state index in [-0.39, 0.29) is 11.6 Å². The van der Waals surface area contributed by atoms with E-state index in [4.69, 9.17) is 4.74 Å². The van der Waals surface area contributed by atoms with Crippen LogP contribution in [0, 0.1) is 12.7 Å². The number of aromatic nitrogens is 1. The SMILES string of the molecule is COc1ccc(C(=O)C(Cc2ccc(F)cc2C)c2ccc(Br)cc2)cn1. The Labute approximate surface area is 166 Å². The van der Waals surface area contributed by atoms with Gasteiger partial charge in [-0.25, -0.2) is 9.37 Å². The Morgan fingerprint density at radius 1 is 1.15 bits per heavy atom. The van der Waals surface area contributed by atoms with Crippen LogP contribution < -0.4 is 4.74 Å². The second-order valence-corrected chi connectivity index (χ2v) is 7.25. The molecule has 0 aliphatic carbocycles. The summed E-state index contributed by atoms with van der Waals surface area (Å²) in [6.07, 6.45) is 2.02. The van der Waals surface area contributed by atoms with Gasteiger partial charge in [-0.2, -0.15) is 0 Å². The van der Waals surface area contributed by atoms with E-state index < -0.39 is 5.92 Å². The molecule has 0 amide bonds. The first-order valence-electron chi connectivity index (χ1n) is 8.52. The minimum Gasteiger partial charge on any atom is -0.481 e. The van der Waals surface area contributed by atoms with E-state index in [0.717, 1.165) is 21.2 Å². The van der Waals surface area contributed by atoms with Crippen molar-refractivity contribution in [3.05, 3.63) is 93.3 Å². The molecule has 0 aliphatic rings. The van der Waals surface area contributed by atoms with Gasteiger partial charge in [0.25, 0.3) is 0 Å². The first kappa shape index (κ1) is 19.2. The van der Waals surface area contributed by atoms with Crippen molar-refractivity contribution in [3.8, 4) is 5.88 Å². The minimum atomic E-state index is -0.391. The Kier molecular flexibility index (Phi) is 6.01. The summed E-state index contributed by atoms with van der Waals surface area (Å²) < 4.78 is 19.5. The monoisotopic (exact) mass is 427 g/mol. The van der Waals surface area contributed by atoms with Gasteiger partial charge in [0, 0.05) is 22.3 Å². The van der Waals surface area contributed by atoms with E-state index in [1.54, 1.807) is 18.2 Å². The van der Waals surface area contributed by atoms with E-state index in [9.17, 15) is 9.18 Å². The fourth-order valence-electron chi connectivity index (χ4n) is 3.01. The maximum Gasteiger partial charge on any atom is 0.212 e. The first-order chi connectivity index (χ1) is 13.0. The molecule has 0 spiro atoms. The molecule has 1 unspecified atom stereocenters. The average Bonchev–Trinajstić information content (AvgIpc) is 2.68. The van der Waals surface area contributed by atoms with Crippen LogP contribution in [0.2, 0.25) is 0 Å². The lowest BCUT2D eigenvalue weighted by Crippen LogP contribution is -2.16. The highest BCUT2D eigenvalue weighted by atomic mass is 79.9. The number of aryl methyl sites for hydroxylation is 1. The first-order valence-corrected chi connectivity index (χ1v) is 9.32. The van der Waals surface area contributed by atoms with Gasteiger partial charge < -0.3 is 4.74 Å². The summed E-state index contributed by atoms with van der Waals surface area (Å²) in [6.45, 7) is 1.86. The lowest BCUT2D eigenvalue weighted by molar-refractivity contribution is 0.0958. The number of halogens is 2. The average molecular weight is 428 g/mol. The van der Waals surface area contributed by atoms with Gasteiger partial charge in [-0.3, -0.25) is 4.79 Å². The molecule has 3 nitrogen and oxygen atoms in total. The predicted molar refractivity (Wildman–Crippen MR) is 107 cm³/mol. The van der Waals surface area contributed by atoms with Crippen molar-refractivity contribution in [1.29, 1.82) is 0 Å². The topological polar surface area (TPSA) is 39.2 Å². The number of nitrogens with zero attached hydrogens (tertiary/aromatic N) is 1. The summed E-state index contributed by atoms with van der Waals surface area (Å²) in [5, 5.41) is 0. The maximum atomic E-state index is 13.5. The van der Waals surface area contributed by atoms with Crippen LogP contribution in [-0.4, -0.2) is 17.9 Å². The fourth-order valence-corrected chi connectivity index (χ4v) is 3.28.